The Hall–Kier alpha value is -4.01. The lowest BCUT2D eigenvalue weighted by Crippen LogP contribution is -2.34. The van der Waals surface area contributed by atoms with E-state index < -0.39 is 38.4 Å². The minimum absolute atomic E-state index is 0.0155. The first-order chi connectivity index (χ1) is 18.7. The fraction of sp³-hybridized carbons (Fsp3) is 0.240. The highest BCUT2D eigenvalue weighted by Crippen LogP contribution is 2.23. The Morgan fingerprint density at radius 1 is 1.15 bits per heavy atom. The van der Waals surface area contributed by atoms with E-state index in [0.29, 0.717) is 31.0 Å². The average molecular weight is 573 g/mol. The number of anilines is 1. The normalized spacial score (nSPS) is 17.4. The van der Waals surface area contributed by atoms with Gasteiger partial charge in [-0.1, -0.05) is 40.8 Å². The van der Waals surface area contributed by atoms with Crippen molar-refractivity contribution in [1.82, 2.24) is 9.88 Å². The molecule has 0 spiro atoms. The second kappa shape index (κ2) is 11.0. The summed E-state index contributed by atoms with van der Waals surface area (Å²) in [4.78, 5) is 48.1. The molecule has 2 aromatic carbocycles. The van der Waals surface area contributed by atoms with Crippen LogP contribution in [0, 0.1) is 5.13 Å². The van der Waals surface area contributed by atoms with Crippen LogP contribution in [0.1, 0.15) is 32.7 Å². The Bertz CT molecular complexity index is 1530. The molecule has 0 bridgehead atoms. The van der Waals surface area contributed by atoms with Crippen LogP contribution in [0.2, 0.25) is 0 Å². The highest BCUT2D eigenvalue weighted by molar-refractivity contribution is 7.91. The zero-order valence-electron chi connectivity index (χ0n) is 20.2. The number of sulfone groups is 1. The summed E-state index contributed by atoms with van der Waals surface area (Å²) in [5.41, 5.74) is 0.539. The number of ether oxygens (including phenoxy) is 1. The molecule has 0 unspecified atom stereocenters. The standard InChI is InChI=1S/C25H21FN4O7S2/c26-20-13-27-25(38-20)28-22(31)21(29-37-16-9-11-36-14-16)15-5-7-17(8-6-15)39(34,35)12-10-30-23(32)18-3-1-2-4-19(18)24(30)33/h1-8,13,16H,9-12,14H2,(H,27,28,31)/b29-21+/t16-/m1/s1. The summed E-state index contributed by atoms with van der Waals surface area (Å²) in [6, 6.07) is 11.6. The number of nitrogens with zero attached hydrogens (tertiary/aromatic N) is 3. The molecular weight excluding hydrogens is 551 g/mol. The molecule has 2 aliphatic rings. The lowest BCUT2D eigenvalue weighted by Gasteiger charge is -2.14. The van der Waals surface area contributed by atoms with E-state index in [1.54, 1.807) is 12.1 Å². The van der Waals surface area contributed by atoms with Crippen LogP contribution in [-0.2, 0) is 24.2 Å². The number of benzene rings is 2. The first-order valence-corrected chi connectivity index (χ1v) is 14.2. The first kappa shape index (κ1) is 26.6. The second-order valence-electron chi connectivity index (χ2n) is 8.61. The Morgan fingerprint density at radius 2 is 1.85 bits per heavy atom. The largest absolute Gasteiger partial charge is 0.389 e. The Kier molecular flexibility index (Phi) is 7.50. The number of nitrogens with one attached hydrogen (secondary N) is 1. The molecule has 11 nitrogen and oxygen atoms in total. The number of amides is 3. The van der Waals surface area contributed by atoms with Gasteiger partial charge in [0, 0.05) is 18.5 Å². The summed E-state index contributed by atoms with van der Waals surface area (Å²) in [5.74, 6) is -2.30. The predicted octanol–water partition coefficient (Wildman–Crippen LogP) is 2.50. The van der Waals surface area contributed by atoms with Gasteiger partial charge < -0.3 is 9.57 Å². The van der Waals surface area contributed by atoms with Crippen LogP contribution >= 0.6 is 11.3 Å². The molecule has 0 aliphatic carbocycles. The number of carbonyl (C=O) groups is 3. The summed E-state index contributed by atoms with van der Waals surface area (Å²) in [5, 5.41) is 5.85. The van der Waals surface area contributed by atoms with Crippen LogP contribution in [0.25, 0.3) is 0 Å². The lowest BCUT2D eigenvalue weighted by atomic mass is 10.1. The molecule has 39 heavy (non-hydrogen) atoms. The molecule has 0 radical (unpaired) electrons. The van der Waals surface area contributed by atoms with E-state index in [9.17, 15) is 27.2 Å². The number of carbonyl (C=O) groups excluding carboxylic acids is 3. The summed E-state index contributed by atoms with van der Waals surface area (Å²) in [6.07, 6.45) is 1.19. The topological polar surface area (TPSA) is 144 Å². The molecule has 0 saturated carbocycles. The van der Waals surface area contributed by atoms with Crippen LogP contribution in [0.3, 0.4) is 0 Å². The number of halogens is 1. The summed E-state index contributed by atoms with van der Waals surface area (Å²) < 4.78 is 44.6. The first-order valence-electron chi connectivity index (χ1n) is 11.8. The van der Waals surface area contributed by atoms with Crippen molar-refractivity contribution in [3.05, 3.63) is 76.5 Å². The van der Waals surface area contributed by atoms with Crippen molar-refractivity contribution in [3.8, 4) is 0 Å². The third-order valence-electron chi connectivity index (χ3n) is 6.04. The molecule has 5 rings (SSSR count). The van der Waals surface area contributed by atoms with E-state index in [4.69, 9.17) is 9.57 Å². The van der Waals surface area contributed by atoms with Crippen molar-refractivity contribution in [2.75, 3.05) is 30.8 Å². The van der Waals surface area contributed by atoms with E-state index in [1.165, 1.54) is 36.4 Å². The van der Waals surface area contributed by atoms with Crippen molar-refractivity contribution in [2.45, 2.75) is 17.4 Å². The maximum absolute atomic E-state index is 13.3. The minimum atomic E-state index is -3.90. The smallest absolute Gasteiger partial charge is 0.280 e. The molecule has 3 amide bonds. The van der Waals surface area contributed by atoms with Crippen molar-refractivity contribution in [2.24, 2.45) is 5.16 Å². The van der Waals surface area contributed by atoms with Gasteiger partial charge in [0.1, 0.15) is 0 Å². The molecular formula is C25H21FN4O7S2. The van der Waals surface area contributed by atoms with E-state index in [0.717, 1.165) is 11.1 Å². The van der Waals surface area contributed by atoms with Gasteiger partial charge in [-0.25, -0.2) is 13.4 Å². The number of aromatic nitrogens is 1. The Labute approximate surface area is 226 Å². The van der Waals surface area contributed by atoms with E-state index in [2.05, 4.69) is 15.5 Å². The molecule has 2 aliphatic heterocycles. The number of hydrogen-bond acceptors (Lipinski definition) is 10. The second-order valence-corrected chi connectivity index (χ2v) is 11.7. The van der Waals surface area contributed by atoms with Gasteiger partial charge in [-0.3, -0.25) is 24.6 Å². The highest BCUT2D eigenvalue weighted by atomic mass is 32.2. The zero-order valence-corrected chi connectivity index (χ0v) is 21.8. The molecule has 1 aromatic heterocycles. The van der Waals surface area contributed by atoms with Gasteiger partial charge in [-0.05, 0) is 24.3 Å². The maximum Gasteiger partial charge on any atom is 0.280 e. The monoisotopic (exact) mass is 572 g/mol. The maximum atomic E-state index is 13.3. The van der Waals surface area contributed by atoms with E-state index in [1.807, 2.05) is 0 Å². The van der Waals surface area contributed by atoms with Gasteiger partial charge >= 0.3 is 0 Å². The van der Waals surface area contributed by atoms with Crippen molar-refractivity contribution in [1.29, 1.82) is 0 Å². The number of rotatable bonds is 9. The molecule has 202 valence electrons. The van der Waals surface area contributed by atoms with Gasteiger partial charge in [0.15, 0.2) is 31.9 Å². The van der Waals surface area contributed by atoms with Crippen molar-refractivity contribution >= 4 is 49.7 Å². The van der Waals surface area contributed by atoms with E-state index in [-0.39, 0.29) is 45.1 Å². The quantitative estimate of drug-likeness (QED) is 0.234. The number of hydrogen-bond donors (Lipinski definition) is 1. The van der Waals surface area contributed by atoms with Crippen LogP contribution < -0.4 is 5.32 Å². The number of thiazole rings is 1. The molecule has 14 heteroatoms. The molecule has 3 aromatic rings. The molecule has 3 heterocycles. The van der Waals surface area contributed by atoms with Gasteiger partial charge in [0.2, 0.25) is 0 Å². The number of oxime groups is 1. The summed E-state index contributed by atoms with van der Waals surface area (Å²) in [6.45, 7) is 0.487. The summed E-state index contributed by atoms with van der Waals surface area (Å²) >= 11 is 0.633. The van der Waals surface area contributed by atoms with Crippen LogP contribution in [0.15, 0.2) is 64.8 Å². The van der Waals surface area contributed by atoms with Crippen molar-refractivity contribution in [3.63, 3.8) is 0 Å². The Balaban J connectivity index is 1.31. The average Bonchev–Trinajstić information content (AvgIpc) is 3.65. The van der Waals surface area contributed by atoms with Crippen molar-refractivity contribution < 1.29 is 36.8 Å². The van der Waals surface area contributed by atoms with Crippen LogP contribution in [0.4, 0.5) is 9.52 Å². The molecule has 1 N–H and O–H groups in total. The zero-order chi connectivity index (χ0) is 27.6. The fourth-order valence-electron chi connectivity index (χ4n) is 4.01. The van der Waals surface area contributed by atoms with Crippen LogP contribution in [0.5, 0.6) is 0 Å². The van der Waals surface area contributed by atoms with Crippen LogP contribution in [-0.4, -0.2) is 73.4 Å². The highest BCUT2D eigenvalue weighted by Gasteiger charge is 2.35. The third-order valence-corrected chi connectivity index (χ3v) is 8.45. The third kappa shape index (κ3) is 5.72. The number of fused-ring (bicyclic) bond motifs is 1. The lowest BCUT2D eigenvalue weighted by molar-refractivity contribution is -0.110. The van der Waals surface area contributed by atoms with Gasteiger partial charge in [-0.2, -0.15) is 4.39 Å². The molecule has 1 fully saturated rings. The van der Waals surface area contributed by atoms with Gasteiger partial charge in [0.25, 0.3) is 17.7 Å². The fourth-order valence-corrected chi connectivity index (χ4v) is 5.76. The summed E-state index contributed by atoms with van der Waals surface area (Å²) in [7, 11) is -3.90. The van der Waals surface area contributed by atoms with E-state index >= 15 is 0 Å². The SMILES string of the molecule is O=C(Nc1ncc(F)s1)/C(=N/O[C@@H]1CCOC1)c1ccc(S(=O)(=O)CCN2C(=O)c3ccccc3C2=O)cc1. The number of imide groups is 1. The van der Waals surface area contributed by atoms with Gasteiger partial charge in [0.05, 0.1) is 41.2 Å². The van der Waals surface area contributed by atoms with Gasteiger partial charge in [-0.15, -0.1) is 0 Å². The molecule has 1 saturated heterocycles. The molecule has 1 atom stereocenters. The minimum Gasteiger partial charge on any atom is -0.389 e. The predicted molar refractivity (Wildman–Crippen MR) is 138 cm³/mol. The Morgan fingerprint density at radius 3 is 2.44 bits per heavy atom.